The number of thiazole rings is 1. The Morgan fingerprint density at radius 1 is 0.861 bits per heavy atom. The van der Waals surface area contributed by atoms with Gasteiger partial charge in [0.1, 0.15) is 16.8 Å². The molecule has 6 aromatic rings. The van der Waals surface area contributed by atoms with Crippen LogP contribution < -0.4 is 0 Å². The van der Waals surface area contributed by atoms with Crippen LogP contribution in [0.25, 0.3) is 53.9 Å². The van der Waals surface area contributed by atoms with Gasteiger partial charge in [-0.25, -0.2) is 4.98 Å². The number of nitrogens with one attached hydrogen (secondary N) is 1. The summed E-state index contributed by atoms with van der Waals surface area (Å²) in [4.78, 5) is 17.8. The number of furan rings is 1. The minimum Gasteiger partial charge on any atom is -0.462 e. The lowest BCUT2D eigenvalue weighted by Crippen LogP contribution is -1.92. The zero-order valence-electron chi connectivity index (χ0n) is 21.5. The summed E-state index contributed by atoms with van der Waals surface area (Å²) in [6, 6.07) is 6.63. The maximum Gasteiger partial charge on any atom is 0.153 e. The molecule has 6 heteroatoms. The highest BCUT2D eigenvalue weighted by atomic mass is 32.1. The lowest BCUT2D eigenvalue weighted by Gasteiger charge is -2.12. The Kier molecular flexibility index (Phi) is 5.45. The number of H-pyrrole nitrogens is 1. The van der Waals surface area contributed by atoms with Crippen LogP contribution in [0.2, 0.25) is 0 Å². The first-order valence-corrected chi connectivity index (χ1v) is 13.4. The molecule has 0 aliphatic rings. The summed E-state index contributed by atoms with van der Waals surface area (Å²) in [5, 5.41) is 2.18. The maximum atomic E-state index is 5.93. The second kappa shape index (κ2) is 8.56. The van der Waals surface area contributed by atoms with Crippen molar-refractivity contribution in [3.8, 4) is 21.7 Å². The van der Waals surface area contributed by atoms with E-state index in [1.54, 1.807) is 17.6 Å². The van der Waals surface area contributed by atoms with Crippen molar-refractivity contribution in [1.29, 1.82) is 0 Å². The van der Waals surface area contributed by atoms with Crippen LogP contribution in [0.1, 0.15) is 76.0 Å². The summed E-state index contributed by atoms with van der Waals surface area (Å²) in [5.74, 6) is 1.17. The van der Waals surface area contributed by atoms with Crippen molar-refractivity contribution < 1.29 is 4.42 Å². The quantitative estimate of drug-likeness (QED) is 0.260. The first-order chi connectivity index (χ1) is 17.3. The van der Waals surface area contributed by atoms with Crippen molar-refractivity contribution in [2.75, 3.05) is 0 Å². The van der Waals surface area contributed by atoms with E-state index in [1.165, 1.54) is 26.8 Å². The summed E-state index contributed by atoms with van der Waals surface area (Å²) in [6.45, 7) is 13.3. The fourth-order valence-corrected chi connectivity index (χ4v) is 6.15. The van der Waals surface area contributed by atoms with Gasteiger partial charge in [-0.15, -0.1) is 11.3 Å². The number of aromatic amines is 1. The minimum atomic E-state index is 0.358. The van der Waals surface area contributed by atoms with E-state index in [1.807, 2.05) is 18.6 Å². The fourth-order valence-electron chi connectivity index (χ4n) is 4.94. The van der Waals surface area contributed by atoms with E-state index in [0.717, 1.165) is 43.8 Å². The molecule has 0 atom stereocenters. The van der Waals surface area contributed by atoms with Crippen molar-refractivity contribution in [3.05, 3.63) is 65.9 Å². The lowest BCUT2D eigenvalue weighted by atomic mass is 9.93. The Bertz CT molecular complexity index is 1730. The van der Waals surface area contributed by atoms with Gasteiger partial charge in [0.2, 0.25) is 0 Å². The van der Waals surface area contributed by atoms with E-state index >= 15 is 0 Å². The van der Waals surface area contributed by atoms with Crippen LogP contribution in [0.3, 0.4) is 0 Å². The third-order valence-electron chi connectivity index (χ3n) is 7.02. The third kappa shape index (κ3) is 3.63. The smallest absolute Gasteiger partial charge is 0.153 e. The average molecular weight is 495 g/mol. The maximum absolute atomic E-state index is 5.93. The van der Waals surface area contributed by atoms with E-state index in [9.17, 15) is 0 Å². The molecule has 5 aromatic heterocycles. The number of hydrogen-bond donors (Lipinski definition) is 1. The van der Waals surface area contributed by atoms with Crippen molar-refractivity contribution in [3.63, 3.8) is 0 Å². The predicted octanol–water partition coefficient (Wildman–Crippen LogP) is 9.02. The van der Waals surface area contributed by atoms with Crippen LogP contribution in [0.5, 0.6) is 0 Å². The highest BCUT2D eigenvalue weighted by molar-refractivity contribution is 7.22. The molecule has 36 heavy (non-hydrogen) atoms. The molecule has 0 bridgehead atoms. The van der Waals surface area contributed by atoms with Crippen molar-refractivity contribution in [2.45, 2.75) is 59.3 Å². The highest BCUT2D eigenvalue weighted by Crippen LogP contribution is 2.42. The van der Waals surface area contributed by atoms with Gasteiger partial charge in [-0.3, -0.25) is 9.97 Å². The highest BCUT2D eigenvalue weighted by Gasteiger charge is 2.20. The molecular formula is C30H30N4OS. The van der Waals surface area contributed by atoms with E-state index in [0.29, 0.717) is 17.8 Å². The molecule has 0 saturated heterocycles. The number of benzene rings is 1. The summed E-state index contributed by atoms with van der Waals surface area (Å²) >= 11 is 1.72. The monoisotopic (exact) mass is 494 g/mol. The van der Waals surface area contributed by atoms with Gasteiger partial charge in [0.25, 0.3) is 0 Å². The number of fused-ring (bicyclic) bond motifs is 3. The third-order valence-corrected chi connectivity index (χ3v) is 8.17. The molecule has 0 radical (unpaired) electrons. The van der Waals surface area contributed by atoms with Gasteiger partial charge in [0.05, 0.1) is 27.5 Å². The Hall–Kier alpha value is -3.51. The Labute approximate surface area is 214 Å². The Balaban J connectivity index is 1.55. The molecule has 5 nitrogen and oxygen atoms in total. The van der Waals surface area contributed by atoms with E-state index in [-0.39, 0.29) is 0 Å². The summed E-state index contributed by atoms with van der Waals surface area (Å²) in [7, 11) is 0. The van der Waals surface area contributed by atoms with E-state index in [4.69, 9.17) is 14.4 Å². The van der Waals surface area contributed by atoms with Gasteiger partial charge in [-0.1, -0.05) is 41.5 Å². The topological polar surface area (TPSA) is 67.6 Å². The van der Waals surface area contributed by atoms with Gasteiger partial charge < -0.3 is 9.40 Å². The number of nitrogens with zero attached hydrogens (tertiary/aromatic N) is 3. The first kappa shape index (κ1) is 22.9. The fraction of sp³-hybridized carbons (Fsp3) is 0.300. The van der Waals surface area contributed by atoms with Crippen LogP contribution in [-0.4, -0.2) is 19.9 Å². The van der Waals surface area contributed by atoms with Crippen molar-refractivity contribution >= 4 is 43.6 Å². The molecule has 0 amide bonds. The molecule has 0 fully saturated rings. The number of hydrogen-bond acceptors (Lipinski definition) is 5. The van der Waals surface area contributed by atoms with Crippen molar-refractivity contribution in [1.82, 2.24) is 19.9 Å². The molecule has 5 heterocycles. The zero-order chi connectivity index (χ0) is 25.1. The number of aromatic nitrogens is 4. The molecular weight excluding hydrogens is 464 g/mol. The standard InChI is InChI=1S/C30H30N4OS/c1-15(2)19-9-26-28(33-10-19)23(14-35-26)30-34-24-8-18(7-20(16(3)4)29(24)36-30)22-11-31-13-25-27(22)21(12-32-25)17(5)6/h7-17,32H,1-6H3. The largest absolute Gasteiger partial charge is 0.462 e. The number of rotatable bonds is 5. The van der Waals surface area contributed by atoms with E-state index in [2.05, 4.69) is 75.9 Å². The summed E-state index contributed by atoms with van der Waals surface area (Å²) in [6.07, 6.45) is 9.77. The first-order valence-electron chi connectivity index (χ1n) is 12.6. The van der Waals surface area contributed by atoms with Gasteiger partial charge in [-0.05, 0) is 58.2 Å². The van der Waals surface area contributed by atoms with E-state index < -0.39 is 0 Å². The molecule has 1 aromatic carbocycles. The zero-order valence-corrected chi connectivity index (χ0v) is 22.3. The molecule has 0 unspecified atom stereocenters. The summed E-state index contributed by atoms with van der Waals surface area (Å²) in [5.41, 5.74) is 10.8. The molecule has 0 saturated carbocycles. The average Bonchev–Trinajstić information content (AvgIpc) is 3.58. The van der Waals surface area contributed by atoms with Gasteiger partial charge in [0.15, 0.2) is 5.58 Å². The van der Waals surface area contributed by atoms with Crippen LogP contribution >= 0.6 is 11.3 Å². The predicted molar refractivity (Wildman–Crippen MR) is 150 cm³/mol. The minimum absolute atomic E-state index is 0.358. The van der Waals surface area contributed by atoms with Crippen molar-refractivity contribution in [2.24, 2.45) is 0 Å². The molecule has 182 valence electrons. The van der Waals surface area contributed by atoms with Gasteiger partial charge >= 0.3 is 0 Å². The van der Waals surface area contributed by atoms with Gasteiger partial charge in [-0.2, -0.15) is 0 Å². The second-order valence-corrected chi connectivity index (χ2v) is 11.5. The van der Waals surface area contributed by atoms with Crippen LogP contribution in [0.15, 0.2) is 53.7 Å². The summed E-state index contributed by atoms with van der Waals surface area (Å²) < 4.78 is 7.15. The van der Waals surface area contributed by atoms with Crippen LogP contribution in [0.4, 0.5) is 0 Å². The number of pyridine rings is 2. The van der Waals surface area contributed by atoms with Crippen LogP contribution in [0, 0.1) is 0 Å². The molecule has 1 N–H and O–H groups in total. The SMILES string of the molecule is CC(C)c1cnc2c(-c3nc4cc(-c5cncc6[nH]cc(C(C)C)c56)cc(C(C)C)c4s3)coc2c1. The Morgan fingerprint density at radius 2 is 1.67 bits per heavy atom. The molecule has 0 aliphatic carbocycles. The molecule has 0 aliphatic heterocycles. The lowest BCUT2D eigenvalue weighted by molar-refractivity contribution is 0.615. The van der Waals surface area contributed by atoms with Gasteiger partial charge in [0, 0.05) is 29.5 Å². The van der Waals surface area contributed by atoms with Crippen LogP contribution in [-0.2, 0) is 0 Å². The normalized spacial score (nSPS) is 12.4. The molecule has 6 rings (SSSR count). The molecule has 0 spiro atoms. The Morgan fingerprint density at radius 3 is 2.42 bits per heavy atom. The second-order valence-electron chi connectivity index (χ2n) is 10.5.